The lowest BCUT2D eigenvalue weighted by Crippen LogP contribution is -2.24. The zero-order chi connectivity index (χ0) is 13.1. The first-order valence-electron chi connectivity index (χ1n) is 6.36. The molecule has 0 bridgehead atoms. The lowest BCUT2D eigenvalue weighted by Gasteiger charge is -2.21. The summed E-state index contributed by atoms with van der Waals surface area (Å²) >= 11 is 6.46. The van der Waals surface area contributed by atoms with Crippen LogP contribution in [0.1, 0.15) is 31.2 Å². The smallest absolute Gasteiger partial charge is 0.179 e. The highest BCUT2D eigenvalue weighted by Crippen LogP contribution is 2.43. The molecule has 0 spiro atoms. The predicted molar refractivity (Wildman–Crippen MR) is 74.0 cm³/mol. The van der Waals surface area contributed by atoms with E-state index in [0.29, 0.717) is 28.5 Å². The highest BCUT2D eigenvalue weighted by molar-refractivity contribution is 6.33. The molecule has 1 aliphatic rings. The number of rotatable bonds is 4. The molecule has 1 aromatic rings. The summed E-state index contributed by atoms with van der Waals surface area (Å²) in [4.78, 5) is 0. The molecule has 0 amide bonds. The molecule has 2 atom stereocenters. The average molecular weight is 270 g/mol. The Morgan fingerprint density at radius 2 is 2.11 bits per heavy atom. The largest absolute Gasteiger partial charge is 0.493 e. The highest BCUT2D eigenvalue weighted by atomic mass is 35.5. The van der Waals surface area contributed by atoms with Gasteiger partial charge in [0.05, 0.1) is 19.2 Å². The van der Waals surface area contributed by atoms with E-state index in [1.807, 2.05) is 6.07 Å². The van der Waals surface area contributed by atoms with Crippen molar-refractivity contribution >= 4 is 11.6 Å². The zero-order valence-electron chi connectivity index (χ0n) is 11.1. The van der Waals surface area contributed by atoms with Crippen LogP contribution < -0.4 is 14.8 Å². The van der Waals surface area contributed by atoms with Gasteiger partial charge in [0.25, 0.3) is 0 Å². The van der Waals surface area contributed by atoms with Crippen LogP contribution in [0.25, 0.3) is 0 Å². The molecular formula is C14H20ClNO2. The summed E-state index contributed by atoms with van der Waals surface area (Å²) < 4.78 is 10.6. The molecule has 100 valence electrons. The van der Waals surface area contributed by atoms with Gasteiger partial charge in [0, 0.05) is 12.0 Å². The Labute approximate surface area is 113 Å². The van der Waals surface area contributed by atoms with Gasteiger partial charge in [0.1, 0.15) is 0 Å². The molecule has 1 heterocycles. The molecule has 18 heavy (non-hydrogen) atoms. The van der Waals surface area contributed by atoms with Gasteiger partial charge in [-0.1, -0.05) is 24.6 Å². The topological polar surface area (TPSA) is 30.5 Å². The van der Waals surface area contributed by atoms with Gasteiger partial charge in [-0.3, -0.25) is 0 Å². The fraction of sp³-hybridized carbons (Fsp3) is 0.571. The van der Waals surface area contributed by atoms with E-state index in [2.05, 4.69) is 18.3 Å². The summed E-state index contributed by atoms with van der Waals surface area (Å²) in [5.74, 6) is 1.78. The van der Waals surface area contributed by atoms with E-state index >= 15 is 0 Å². The average Bonchev–Trinajstić information content (AvgIpc) is 2.86. The van der Waals surface area contributed by atoms with Crippen molar-refractivity contribution in [2.24, 2.45) is 0 Å². The maximum atomic E-state index is 6.46. The molecule has 1 aliphatic heterocycles. The molecule has 0 saturated carbocycles. The van der Waals surface area contributed by atoms with E-state index in [4.69, 9.17) is 21.1 Å². The van der Waals surface area contributed by atoms with Gasteiger partial charge < -0.3 is 14.8 Å². The van der Waals surface area contributed by atoms with E-state index in [1.54, 1.807) is 14.2 Å². The van der Waals surface area contributed by atoms with Crippen molar-refractivity contribution in [2.75, 3.05) is 20.8 Å². The minimum atomic E-state index is 0.460. The van der Waals surface area contributed by atoms with Crippen molar-refractivity contribution in [2.45, 2.75) is 31.7 Å². The van der Waals surface area contributed by atoms with Gasteiger partial charge in [-0.05, 0) is 31.0 Å². The molecule has 1 saturated heterocycles. The minimum absolute atomic E-state index is 0.460. The zero-order valence-corrected chi connectivity index (χ0v) is 11.9. The summed E-state index contributed by atoms with van der Waals surface area (Å²) in [6.45, 7) is 3.25. The van der Waals surface area contributed by atoms with Crippen molar-refractivity contribution in [1.29, 1.82) is 0 Å². The van der Waals surface area contributed by atoms with E-state index in [-0.39, 0.29) is 0 Å². The second-order valence-electron chi connectivity index (χ2n) is 4.57. The van der Waals surface area contributed by atoms with Crippen LogP contribution in [0.15, 0.2) is 12.1 Å². The Morgan fingerprint density at radius 3 is 2.72 bits per heavy atom. The number of nitrogens with one attached hydrogen (secondary N) is 1. The maximum absolute atomic E-state index is 6.46. The number of ether oxygens (including phenoxy) is 2. The monoisotopic (exact) mass is 269 g/mol. The van der Waals surface area contributed by atoms with Crippen LogP contribution in [0, 0.1) is 0 Å². The van der Waals surface area contributed by atoms with Crippen molar-refractivity contribution in [1.82, 2.24) is 5.32 Å². The Kier molecular flexibility index (Phi) is 4.36. The van der Waals surface area contributed by atoms with E-state index < -0.39 is 0 Å². The van der Waals surface area contributed by atoms with E-state index in [1.165, 1.54) is 0 Å². The van der Waals surface area contributed by atoms with Crippen LogP contribution in [0.2, 0.25) is 5.02 Å². The molecular weight excluding hydrogens is 250 g/mol. The summed E-state index contributed by atoms with van der Waals surface area (Å²) in [7, 11) is 3.25. The molecule has 3 nitrogen and oxygen atoms in total. The Balaban J connectivity index is 2.39. The molecule has 0 aliphatic carbocycles. The van der Waals surface area contributed by atoms with Crippen molar-refractivity contribution in [3.05, 3.63) is 22.7 Å². The third-order valence-electron chi connectivity index (χ3n) is 3.70. The van der Waals surface area contributed by atoms with Crippen LogP contribution >= 0.6 is 11.6 Å². The Bertz CT molecular complexity index is 423. The third kappa shape index (κ3) is 2.29. The molecule has 0 aromatic heterocycles. The fourth-order valence-corrected chi connectivity index (χ4v) is 3.13. The second-order valence-corrected chi connectivity index (χ2v) is 4.95. The van der Waals surface area contributed by atoms with Crippen LogP contribution in [-0.2, 0) is 0 Å². The third-order valence-corrected chi connectivity index (χ3v) is 4.09. The lowest BCUT2D eigenvalue weighted by molar-refractivity contribution is 0.354. The fourth-order valence-electron chi connectivity index (χ4n) is 2.76. The van der Waals surface area contributed by atoms with Gasteiger partial charge in [0.2, 0.25) is 0 Å². The molecule has 2 rings (SSSR count). The number of benzene rings is 1. The van der Waals surface area contributed by atoms with Gasteiger partial charge in [-0.25, -0.2) is 0 Å². The minimum Gasteiger partial charge on any atom is -0.493 e. The van der Waals surface area contributed by atoms with Crippen LogP contribution in [0.5, 0.6) is 11.5 Å². The number of halogens is 1. The van der Waals surface area contributed by atoms with Crippen molar-refractivity contribution in [3.8, 4) is 11.5 Å². The summed E-state index contributed by atoms with van der Waals surface area (Å²) in [5.41, 5.74) is 1.16. The van der Waals surface area contributed by atoms with Gasteiger partial charge in [0.15, 0.2) is 11.5 Å². The van der Waals surface area contributed by atoms with Gasteiger partial charge in [-0.2, -0.15) is 0 Å². The van der Waals surface area contributed by atoms with Gasteiger partial charge >= 0.3 is 0 Å². The maximum Gasteiger partial charge on any atom is 0.179 e. The number of hydrogen-bond acceptors (Lipinski definition) is 3. The first-order chi connectivity index (χ1) is 8.72. The van der Waals surface area contributed by atoms with E-state index in [9.17, 15) is 0 Å². The molecule has 1 fully saturated rings. The van der Waals surface area contributed by atoms with E-state index in [0.717, 1.165) is 24.9 Å². The number of methoxy groups -OCH3 is 2. The lowest BCUT2D eigenvalue weighted by atomic mass is 9.90. The number of hydrogen-bond donors (Lipinski definition) is 1. The quantitative estimate of drug-likeness (QED) is 0.910. The Morgan fingerprint density at radius 1 is 1.33 bits per heavy atom. The highest BCUT2D eigenvalue weighted by Gasteiger charge is 2.29. The molecule has 1 N–H and O–H groups in total. The normalized spacial score (nSPS) is 23.1. The molecule has 1 aromatic carbocycles. The Hall–Kier alpha value is -0.930. The standard InChI is InChI=1S/C14H20ClNO2/c1-4-11-9(7-8-16-11)10-5-6-12(17-2)14(18-3)13(10)15/h5-6,9,11,16H,4,7-8H2,1-3H3. The van der Waals surface area contributed by atoms with Crippen molar-refractivity contribution < 1.29 is 9.47 Å². The summed E-state index contributed by atoms with van der Waals surface area (Å²) in [6, 6.07) is 4.50. The summed E-state index contributed by atoms with van der Waals surface area (Å²) in [6.07, 6.45) is 2.23. The molecule has 2 unspecified atom stereocenters. The molecule has 0 radical (unpaired) electrons. The first-order valence-corrected chi connectivity index (χ1v) is 6.74. The van der Waals surface area contributed by atoms with Crippen LogP contribution in [0.3, 0.4) is 0 Å². The first kappa shape index (κ1) is 13.5. The summed E-state index contributed by atoms with van der Waals surface area (Å²) in [5, 5.41) is 4.20. The molecule has 4 heteroatoms. The second kappa shape index (κ2) is 5.81. The van der Waals surface area contributed by atoms with Gasteiger partial charge in [-0.15, -0.1) is 0 Å². The SMILES string of the molecule is CCC1NCCC1c1ccc(OC)c(OC)c1Cl. The van der Waals surface area contributed by atoms with Crippen LogP contribution in [0.4, 0.5) is 0 Å². The van der Waals surface area contributed by atoms with Crippen LogP contribution in [-0.4, -0.2) is 26.8 Å². The van der Waals surface area contributed by atoms with Crippen molar-refractivity contribution in [3.63, 3.8) is 0 Å². The predicted octanol–water partition coefficient (Wildman–Crippen LogP) is 3.21.